The Hall–Kier alpha value is -2.61. The van der Waals surface area contributed by atoms with Crippen LogP contribution in [0.15, 0.2) is 24.3 Å². The number of amides is 2. The van der Waals surface area contributed by atoms with Crippen LogP contribution in [0, 0.1) is 16.0 Å². The molecule has 166 valence electrons. The Kier molecular flexibility index (Phi) is 7.20. The maximum atomic E-state index is 13.4. The Morgan fingerprint density at radius 2 is 1.87 bits per heavy atom. The minimum atomic E-state index is -0.491. The largest absolute Gasteiger partial charge is 0.373 e. The molecule has 8 heteroatoms. The van der Waals surface area contributed by atoms with E-state index in [2.05, 4.69) is 26.5 Å². The van der Waals surface area contributed by atoms with E-state index in [1.165, 1.54) is 17.0 Å². The van der Waals surface area contributed by atoms with E-state index in [1.54, 1.807) is 12.1 Å². The molecule has 0 N–H and O–H groups in total. The van der Waals surface area contributed by atoms with Gasteiger partial charge in [-0.25, -0.2) is 0 Å². The highest BCUT2D eigenvalue weighted by Crippen LogP contribution is 2.38. The summed E-state index contributed by atoms with van der Waals surface area (Å²) in [5, 5.41) is 12.7. The molecule has 0 saturated carbocycles. The highest BCUT2D eigenvalue weighted by molar-refractivity contribution is 7.80. The van der Waals surface area contributed by atoms with E-state index >= 15 is 0 Å². The van der Waals surface area contributed by atoms with E-state index in [0.717, 1.165) is 31.4 Å². The zero-order valence-corrected chi connectivity index (χ0v) is 19.2. The lowest BCUT2D eigenvalue weighted by molar-refractivity contribution is -0.384. The first-order valence-electron chi connectivity index (χ1n) is 10.8. The minimum Gasteiger partial charge on any atom is -0.373 e. The Labute approximate surface area is 188 Å². The van der Waals surface area contributed by atoms with Crippen LogP contribution in [0.4, 0.5) is 11.4 Å². The van der Waals surface area contributed by atoms with Gasteiger partial charge in [0.15, 0.2) is 0 Å². The van der Waals surface area contributed by atoms with E-state index in [-0.39, 0.29) is 23.1 Å². The number of benzene rings is 2. The number of nitrogens with zero attached hydrogens (tertiary/aromatic N) is 3. The average Bonchev–Trinajstić information content (AvgIpc) is 2.76. The fraction of sp³-hybridized carbons (Fsp3) is 0.478. The van der Waals surface area contributed by atoms with Gasteiger partial charge in [0.2, 0.25) is 0 Å². The summed E-state index contributed by atoms with van der Waals surface area (Å²) < 4.78 is 0. The van der Waals surface area contributed by atoms with Crippen molar-refractivity contribution in [1.82, 2.24) is 4.90 Å². The summed E-state index contributed by atoms with van der Waals surface area (Å²) in [6, 6.07) is 6.30. The first-order valence-corrected chi connectivity index (χ1v) is 11.4. The lowest BCUT2D eigenvalue weighted by Crippen LogP contribution is -2.43. The van der Waals surface area contributed by atoms with Crippen LogP contribution in [-0.4, -0.2) is 47.5 Å². The third kappa shape index (κ3) is 4.39. The molecule has 1 aliphatic rings. The van der Waals surface area contributed by atoms with Crippen molar-refractivity contribution in [3.05, 3.63) is 45.5 Å². The maximum absolute atomic E-state index is 13.4. The van der Waals surface area contributed by atoms with Crippen molar-refractivity contribution >= 4 is 46.6 Å². The molecule has 0 saturated heterocycles. The molecule has 7 nitrogen and oxygen atoms in total. The fourth-order valence-corrected chi connectivity index (χ4v) is 4.53. The number of thiol groups is 1. The number of anilines is 1. The van der Waals surface area contributed by atoms with E-state index in [0.29, 0.717) is 35.2 Å². The summed E-state index contributed by atoms with van der Waals surface area (Å²) in [5.41, 5.74) is 1.24. The molecule has 0 fully saturated rings. The number of hydrogen-bond donors (Lipinski definition) is 1. The van der Waals surface area contributed by atoms with Gasteiger partial charge in [-0.05, 0) is 24.5 Å². The number of hydrogen-bond acceptors (Lipinski definition) is 6. The molecule has 2 amide bonds. The zero-order chi connectivity index (χ0) is 22.7. The minimum absolute atomic E-state index is 0.152. The highest BCUT2D eigenvalue weighted by atomic mass is 32.1. The van der Waals surface area contributed by atoms with Crippen LogP contribution in [0.2, 0.25) is 0 Å². The molecule has 2 aromatic rings. The quantitative estimate of drug-likeness (QED) is 0.244. The van der Waals surface area contributed by atoms with Crippen LogP contribution in [0.25, 0.3) is 10.8 Å². The van der Waals surface area contributed by atoms with Crippen molar-refractivity contribution in [2.75, 3.05) is 30.8 Å². The number of nitro groups is 1. The monoisotopic (exact) mass is 443 g/mol. The summed E-state index contributed by atoms with van der Waals surface area (Å²) in [6.07, 6.45) is 3.89. The van der Waals surface area contributed by atoms with Crippen LogP contribution in [-0.2, 0) is 0 Å². The lowest BCUT2D eigenvalue weighted by atomic mass is 9.90. The fourth-order valence-electron chi connectivity index (χ4n) is 4.23. The van der Waals surface area contributed by atoms with Gasteiger partial charge in [-0.1, -0.05) is 33.1 Å². The second-order valence-corrected chi connectivity index (χ2v) is 8.54. The van der Waals surface area contributed by atoms with Crippen LogP contribution >= 0.6 is 12.6 Å². The first-order chi connectivity index (χ1) is 14.8. The topological polar surface area (TPSA) is 83.8 Å². The summed E-state index contributed by atoms with van der Waals surface area (Å²) >= 11 is 4.27. The van der Waals surface area contributed by atoms with Crippen molar-refractivity contribution in [2.24, 2.45) is 5.92 Å². The Balaban J connectivity index is 2.15. The molecule has 31 heavy (non-hydrogen) atoms. The van der Waals surface area contributed by atoms with Crippen molar-refractivity contribution in [3.63, 3.8) is 0 Å². The predicted octanol–water partition coefficient (Wildman–Crippen LogP) is 4.93. The average molecular weight is 444 g/mol. The van der Waals surface area contributed by atoms with Crippen molar-refractivity contribution in [1.29, 1.82) is 0 Å². The number of unbranched alkanes of at least 4 members (excludes halogenated alkanes) is 1. The first kappa shape index (κ1) is 23.1. The summed E-state index contributed by atoms with van der Waals surface area (Å²) in [6.45, 7) is 5.13. The summed E-state index contributed by atoms with van der Waals surface area (Å²) in [7, 11) is 1.87. The molecule has 2 aromatic carbocycles. The summed E-state index contributed by atoms with van der Waals surface area (Å²) in [4.78, 5) is 41.0. The number of non-ortho nitro benzene ring substituents is 1. The van der Waals surface area contributed by atoms with E-state index in [4.69, 9.17) is 0 Å². The second kappa shape index (κ2) is 9.68. The van der Waals surface area contributed by atoms with Crippen LogP contribution in [0.1, 0.15) is 60.2 Å². The number of carbonyl (C=O) groups is 2. The SMILES string of the molecule is CCCCC(CC)CN1C(=O)c2ccc(N(C)CCS)c3cc([N+](=O)[O-])cc(c23)C1=O. The molecule has 0 spiro atoms. The number of carbonyl (C=O) groups excluding carboxylic acids is 2. The third-order valence-electron chi connectivity index (χ3n) is 6.07. The van der Waals surface area contributed by atoms with Gasteiger partial charge in [0.05, 0.1) is 10.5 Å². The van der Waals surface area contributed by atoms with Gasteiger partial charge >= 0.3 is 0 Å². The molecular formula is C23H29N3O4S. The van der Waals surface area contributed by atoms with Gasteiger partial charge in [0.1, 0.15) is 0 Å². The molecule has 0 bridgehead atoms. The van der Waals surface area contributed by atoms with Crippen molar-refractivity contribution in [3.8, 4) is 0 Å². The van der Waals surface area contributed by atoms with Gasteiger partial charge in [-0.2, -0.15) is 12.6 Å². The van der Waals surface area contributed by atoms with Crippen LogP contribution < -0.4 is 4.90 Å². The highest BCUT2D eigenvalue weighted by Gasteiger charge is 2.36. The van der Waals surface area contributed by atoms with Crippen molar-refractivity contribution in [2.45, 2.75) is 39.5 Å². The molecule has 0 aromatic heterocycles. The molecule has 3 rings (SSSR count). The smallest absolute Gasteiger partial charge is 0.270 e. The summed E-state index contributed by atoms with van der Waals surface area (Å²) in [5.74, 6) is 0.0396. The van der Waals surface area contributed by atoms with E-state index < -0.39 is 10.8 Å². The normalized spacial score (nSPS) is 14.3. The predicted molar refractivity (Wildman–Crippen MR) is 126 cm³/mol. The van der Waals surface area contributed by atoms with Gasteiger partial charge in [0, 0.05) is 60.0 Å². The number of rotatable bonds is 10. The third-order valence-corrected chi connectivity index (χ3v) is 6.27. The van der Waals surface area contributed by atoms with Gasteiger partial charge < -0.3 is 4.90 Å². The van der Waals surface area contributed by atoms with Gasteiger partial charge in [-0.15, -0.1) is 0 Å². The standard InChI is InChI=1S/C23H29N3O4S/c1-4-6-7-15(5-2)14-25-22(27)17-8-9-20(24(3)10-11-31)18-12-16(26(29)30)13-19(21(17)18)23(25)28/h8-9,12-13,15,31H,4-7,10-11,14H2,1-3H3. The zero-order valence-electron chi connectivity index (χ0n) is 18.3. The lowest BCUT2D eigenvalue weighted by Gasteiger charge is -2.31. The Morgan fingerprint density at radius 1 is 1.16 bits per heavy atom. The Bertz CT molecular complexity index is 1020. The molecule has 1 heterocycles. The van der Waals surface area contributed by atoms with Gasteiger partial charge in [-0.3, -0.25) is 24.6 Å². The van der Waals surface area contributed by atoms with E-state index in [1.807, 2.05) is 11.9 Å². The molecule has 0 radical (unpaired) electrons. The number of imide groups is 1. The van der Waals surface area contributed by atoms with Crippen LogP contribution in [0.3, 0.4) is 0 Å². The van der Waals surface area contributed by atoms with E-state index in [9.17, 15) is 19.7 Å². The second-order valence-electron chi connectivity index (χ2n) is 8.09. The Morgan fingerprint density at radius 3 is 2.48 bits per heavy atom. The molecule has 1 atom stereocenters. The maximum Gasteiger partial charge on any atom is 0.270 e. The van der Waals surface area contributed by atoms with Crippen molar-refractivity contribution < 1.29 is 14.5 Å². The number of nitro benzene ring substituents is 1. The molecule has 1 unspecified atom stereocenters. The molecular weight excluding hydrogens is 414 g/mol. The van der Waals surface area contributed by atoms with Gasteiger partial charge in [0.25, 0.3) is 17.5 Å². The molecule has 0 aliphatic carbocycles. The van der Waals surface area contributed by atoms with Crippen LogP contribution in [0.5, 0.6) is 0 Å². The molecule has 1 aliphatic heterocycles.